The van der Waals surface area contributed by atoms with Crippen LogP contribution in [0.25, 0.3) is 0 Å². The molecule has 14 heavy (non-hydrogen) atoms. The van der Waals surface area contributed by atoms with E-state index >= 15 is 0 Å². The first kappa shape index (κ1) is 10.2. The highest BCUT2D eigenvalue weighted by Gasteiger charge is 2.09. The average Bonchev–Trinajstić information content (AvgIpc) is 2.17. The molecular weight excluding hydrogens is 180 g/mol. The van der Waals surface area contributed by atoms with Gasteiger partial charge in [-0.05, 0) is 26.0 Å². The van der Waals surface area contributed by atoms with Crippen molar-refractivity contribution < 1.29 is 9.53 Å². The van der Waals surface area contributed by atoms with Crippen molar-refractivity contribution in [3.8, 4) is 6.07 Å². The van der Waals surface area contributed by atoms with E-state index in [1.165, 1.54) is 6.07 Å². The summed E-state index contributed by atoms with van der Waals surface area (Å²) in [6, 6.07) is 4.99. The SMILES string of the molecule is CCOC(=O)c1cc(C#N)cc(C)n1. The fourth-order valence-corrected chi connectivity index (χ4v) is 1.04. The fourth-order valence-electron chi connectivity index (χ4n) is 1.04. The maximum absolute atomic E-state index is 11.3. The molecule has 0 unspecified atom stereocenters. The lowest BCUT2D eigenvalue weighted by Crippen LogP contribution is -2.08. The maximum atomic E-state index is 11.3. The van der Waals surface area contributed by atoms with Gasteiger partial charge in [-0.1, -0.05) is 0 Å². The monoisotopic (exact) mass is 190 g/mol. The van der Waals surface area contributed by atoms with Gasteiger partial charge in [0.05, 0.1) is 18.2 Å². The van der Waals surface area contributed by atoms with Crippen LogP contribution in [0.15, 0.2) is 12.1 Å². The quantitative estimate of drug-likeness (QED) is 0.662. The van der Waals surface area contributed by atoms with Crippen LogP contribution in [0, 0.1) is 18.3 Å². The van der Waals surface area contributed by atoms with E-state index in [9.17, 15) is 4.79 Å². The van der Waals surface area contributed by atoms with E-state index in [0.717, 1.165) is 0 Å². The summed E-state index contributed by atoms with van der Waals surface area (Å²) in [5.74, 6) is -0.493. The van der Waals surface area contributed by atoms with Crippen molar-refractivity contribution >= 4 is 5.97 Å². The molecule has 0 saturated heterocycles. The Bertz CT molecular complexity index is 394. The Morgan fingerprint density at radius 1 is 1.64 bits per heavy atom. The lowest BCUT2D eigenvalue weighted by Gasteiger charge is -2.02. The molecule has 0 radical (unpaired) electrons. The summed E-state index contributed by atoms with van der Waals surface area (Å²) in [4.78, 5) is 15.2. The van der Waals surface area contributed by atoms with Crippen molar-refractivity contribution in [2.45, 2.75) is 13.8 Å². The van der Waals surface area contributed by atoms with Gasteiger partial charge in [0.2, 0.25) is 0 Å². The number of aryl methyl sites for hydroxylation is 1. The van der Waals surface area contributed by atoms with Crippen LogP contribution in [-0.2, 0) is 4.74 Å². The molecule has 0 atom stereocenters. The minimum absolute atomic E-state index is 0.184. The Morgan fingerprint density at radius 3 is 2.93 bits per heavy atom. The van der Waals surface area contributed by atoms with Crippen LogP contribution in [-0.4, -0.2) is 17.6 Å². The molecule has 0 fully saturated rings. The van der Waals surface area contributed by atoms with Crippen molar-refractivity contribution in [1.29, 1.82) is 5.26 Å². The van der Waals surface area contributed by atoms with E-state index in [1.807, 2.05) is 6.07 Å². The zero-order chi connectivity index (χ0) is 10.6. The maximum Gasteiger partial charge on any atom is 0.356 e. The standard InChI is InChI=1S/C10H10N2O2/c1-3-14-10(13)9-5-8(6-11)4-7(2)12-9/h4-5H,3H2,1-2H3. The molecule has 4 nitrogen and oxygen atoms in total. The number of hydrogen-bond acceptors (Lipinski definition) is 4. The van der Waals surface area contributed by atoms with Gasteiger partial charge in [0.15, 0.2) is 0 Å². The number of nitrogens with zero attached hydrogens (tertiary/aromatic N) is 2. The van der Waals surface area contributed by atoms with Gasteiger partial charge >= 0.3 is 5.97 Å². The first-order valence-corrected chi connectivity index (χ1v) is 4.23. The Labute approximate surface area is 82.1 Å². The van der Waals surface area contributed by atoms with E-state index in [4.69, 9.17) is 10.00 Å². The smallest absolute Gasteiger partial charge is 0.356 e. The van der Waals surface area contributed by atoms with Gasteiger partial charge in [-0.3, -0.25) is 0 Å². The molecule has 1 aromatic rings. The molecule has 0 amide bonds. The number of aromatic nitrogens is 1. The third kappa shape index (κ3) is 2.30. The highest BCUT2D eigenvalue weighted by atomic mass is 16.5. The molecule has 0 aliphatic rings. The van der Waals surface area contributed by atoms with Crippen LogP contribution in [0.3, 0.4) is 0 Å². The summed E-state index contributed by atoms with van der Waals surface area (Å²) in [6.07, 6.45) is 0. The number of hydrogen-bond donors (Lipinski definition) is 0. The van der Waals surface area contributed by atoms with E-state index in [-0.39, 0.29) is 5.69 Å². The molecule has 0 bridgehead atoms. The van der Waals surface area contributed by atoms with Crippen LogP contribution >= 0.6 is 0 Å². The van der Waals surface area contributed by atoms with Crippen molar-refractivity contribution in [2.24, 2.45) is 0 Å². The molecule has 72 valence electrons. The average molecular weight is 190 g/mol. The van der Waals surface area contributed by atoms with E-state index in [0.29, 0.717) is 17.9 Å². The second-order valence-electron chi connectivity index (χ2n) is 2.71. The highest BCUT2D eigenvalue weighted by Crippen LogP contribution is 2.05. The van der Waals surface area contributed by atoms with Gasteiger partial charge < -0.3 is 4.74 Å². The Hall–Kier alpha value is -1.89. The van der Waals surface area contributed by atoms with Crippen LogP contribution in [0.2, 0.25) is 0 Å². The van der Waals surface area contributed by atoms with E-state index in [1.54, 1.807) is 19.9 Å². The summed E-state index contributed by atoms with van der Waals surface area (Å²) >= 11 is 0. The van der Waals surface area contributed by atoms with Gasteiger partial charge in [-0.15, -0.1) is 0 Å². The molecule has 0 aromatic carbocycles. The van der Waals surface area contributed by atoms with Gasteiger partial charge in [0.1, 0.15) is 5.69 Å². The predicted octanol–water partition coefficient (Wildman–Crippen LogP) is 1.44. The van der Waals surface area contributed by atoms with Crippen LogP contribution in [0.1, 0.15) is 28.7 Å². The van der Waals surface area contributed by atoms with Gasteiger partial charge in [-0.2, -0.15) is 5.26 Å². The van der Waals surface area contributed by atoms with Crippen LogP contribution in [0.5, 0.6) is 0 Å². The van der Waals surface area contributed by atoms with Gasteiger partial charge in [-0.25, -0.2) is 9.78 Å². The zero-order valence-electron chi connectivity index (χ0n) is 8.07. The predicted molar refractivity (Wildman–Crippen MR) is 49.6 cm³/mol. The van der Waals surface area contributed by atoms with E-state index < -0.39 is 5.97 Å². The van der Waals surface area contributed by atoms with Gasteiger partial charge in [0.25, 0.3) is 0 Å². The topological polar surface area (TPSA) is 63.0 Å². The lowest BCUT2D eigenvalue weighted by atomic mass is 10.2. The number of pyridine rings is 1. The normalized spacial score (nSPS) is 9.21. The summed E-state index contributed by atoms with van der Waals surface area (Å²) in [5, 5.41) is 8.67. The Kier molecular flexibility index (Phi) is 3.19. The summed E-state index contributed by atoms with van der Waals surface area (Å²) < 4.78 is 4.77. The van der Waals surface area contributed by atoms with Crippen molar-refractivity contribution in [3.63, 3.8) is 0 Å². The molecular formula is C10H10N2O2. The number of rotatable bonds is 2. The first-order chi connectivity index (χ1) is 6.67. The van der Waals surface area contributed by atoms with Crippen molar-refractivity contribution in [3.05, 3.63) is 29.1 Å². The molecule has 0 saturated carbocycles. The van der Waals surface area contributed by atoms with E-state index in [2.05, 4.69) is 4.98 Å². The minimum Gasteiger partial charge on any atom is -0.461 e. The number of carbonyl (C=O) groups excluding carboxylic acids is 1. The number of carbonyl (C=O) groups is 1. The second kappa shape index (κ2) is 4.38. The molecule has 0 aliphatic carbocycles. The number of nitriles is 1. The van der Waals surface area contributed by atoms with Crippen LogP contribution < -0.4 is 0 Å². The highest BCUT2D eigenvalue weighted by molar-refractivity contribution is 5.87. The lowest BCUT2D eigenvalue weighted by molar-refractivity contribution is 0.0519. The Morgan fingerprint density at radius 2 is 2.36 bits per heavy atom. The molecule has 0 N–H and O–H groups in total. The molecule has 4 heteroatoms. The molecule has 1 rings (SSSR count). The third-order valence-corrected chi connectivity index (χ3v) is 1.57. The molecule has 1 heterocycles. The third-order valence-electron chi connectivity index (χ3n) is 1.57. The summed E-state index contributed by atoms with van der Waals surface area (Å²) in [7, 11) is 0. The zero-order valence-corrected chi connectivity index (χ0v) is 8.07. The van der Waals surface area contributed by atoms with Crippen molar-refractivity contribution in [2.75, 3.05) is 6.61 Å². The molecule has 1 aromatic heterocycles. The number of ether oxygens (including phenoxy) is 1. The number of esters is 1. The second-order valence-corrected chi connectivity index (χ2v) is 2.71. The summed E-state index contributed by atoms with van der Waals surface area (Å²) in [6.45, 7) is 3.75. The Balaban J connectivity index is 3.04. The first-order valence-electron chi connectivity index (χ1n) is 4.23. The van der Waals surface area contributed by atoms with Crippen LogP contribution in [0.4, 0.5) is 0 Å². The fraction of sp³-hybridized carbons (Fsp3) is 0.300. The molecule has 0 spiro atoms. The summed E-state index contributed by atoms with van der Waals surface area (Å²) in [5.41, 5.74) is 1.23. The van der Waals surface area contributed by atoms with Gasteiger partial charge in [0, 0.05) is 5.69 Å². The largest absolute Gasteiger partial charge is 0.461 e. The minimum atomic E-state index is -0.493. The molecule has 0 aliphatic heterocycles. The van der Waals surface area contributed by atoms with Crippen molar-refractivity contribution in [1.82, 2.24) is 4.98 Å².